The smallest absolute Gasteiger partial charge is 0.246 e. The molecule has 13 heteroatoms. The molecule has 1 aromatic rings. The highest BCUT2D eigenvalue weighted by molar-refractivity contribution is 7.89. The molecule has 30 heavy (non-hydrogen) atoms. The van der Waals surface area contributed by atoms with Crippen molar-refractivity contribution in [2.24, 2.45) is 0 Å². The Morgan fingerprint density at radius 1 is 0.933 bits per heavy atom. The number of rotatable bonds is 4. The van der Waals surface area contributed by atoms with E-state index in [4.69, 9.17) is 0 Å². The van der Waals surface area contributed by atoms with Crippen molar-refractivity contribution in [3.8, 4) is 0 Å². The highest BCUT2D eigenvalue weighted by Gasteiger charge is 2.39. The second-order valence-electron chi connectivity index (χ2n) is 7.29. The Bertz CT molecular complexity index is 1040. The number of amides is 1. The van der Waals surface area contributed by atoms with Crippen LogP contribution >= 0.6 is 0 Å². The number of carbonyl (C=O) groups is 1. The van der Waals surface area contributed by atoms with Crippen molar-refractivity contribution < 1.29 is 34.8 Å². The Morgan fingerprint density at radius 3 is 2.17 bits per heavy atom. The van der Waals surface area contributed by atoms with Crippen LogP contribution in [0, 0.1) is 17.5 Å². The van der Waals surface area contributed by atoms with Gasteiger partial charge in [-0.15, -0.1) is 0 Å². The fourth-order valence-electron chi connectivity index (χ4n) is 3.75. The summed E-state index contributed by atoms with van der Waals surface area (Å²) in [5.74, 6) is -5.57. The predicted octanol–water partition coefficient (Wildman–Crippen LogP) is 0.751. The van der Waals surface area contributed by atoms with Crippen LogP contribution in [0.1, 0.15) is 19.3 Å². The molecule has 1 aromatic carbocycles. The molecule has 0 spiro atoms. The van der Waals surface area contributed by atoms with Crippen LogP contribution in [-0.4, -0.2) is 81.3 Å². The first-order valence-electron chi connectivity index (χ1n) is 9.34. The molecule has 2 fully saturated rings. The van der Waals surface area contributed by atoms with E-state index in [2.05, 4.69) is 0 Å². The van der Waals surface area contributed by atoms with Crippen LogP contribution in [0.3, 0.4) is 0 Å². The molecule has 2 heterocycles. The molecule has 168 valence electrons. The molecule has 1 atom stereocenters. The zero-order valence-corrected chi connectivity index (χ0v) is 17.9. The Hall–Kier alpha value is -1.70. The normalized spacial score (nSPS) is 22.3. The zero-order valence-electron chi connectivity index (χ0n) is 16.2. The van der Waals surface area contributed by atoms with Gasteiger partial charge in [-0.05, 0) is 25.0 Å². The van der Waals surface area contributed by atoms with Gasteiger partial charge in [0.1, 0.15) is 10.9 Å². The molecular formula is C17H22F3N3O5S2. The number of hydrogen-bond acceptors (Lipinski definition) is 5. The van der Waals surface area contributed by atoms with E-state index in [1.807, 2.05) is 0 Å². The topological polar surface area (TPSA) is 95.1 Å². The van der Waals surface area contributed by atoms with Crippen LogP contribution in [0.15, 0.2) is 17.0 Å². The lowest BCUT2D eigenvalue weighted by Crippen LogP contribution is -2.57. The van der Waals surface area contributed by atoms with E-state index in [-0.39, 0.29) is 32.7 Å². The van der Waals surface area contributed by atoms with E-state index in [0.29, 0.717) is 31.4 Å². The van der Waals surface area contributed by atoms with Crippen molar-refractivity contribution in [3.05, 3.63) is 29.6 Å². The van der Waals surface area contributed by atoms with E-state index in [9.17, 15) is 34.8 Å². The monoisotopic (exact) mass is 469 g/mol. The summed E-state index contributed by atoms with van der Waals surface area (Å²) in [5, 5.41) is 0. The van der Waals surface area contributed by atoms with Gasteiger partial charge in [0, 0.05) is 32.7 Å². The van der Waals surface area contributed by atoms with E-state index in [1.54, 1.807) is 0 Å². The van der Waals surface area contributed by atoms with E-state index in [1.165, 1.54) is 9.21 Å². The summed E-state index contributed by atoms with van der Waals surface area (Å²) >= 11 is 0. The van der Waals surface area contributed by atoms with Gasteiger partial charge >= 0.3 is 0 Å². The molecule has 0 N–H and O–H groups in total. The van der Waals surface area contributed by atoms with Crippen LogP contribution in [0.2, 0.25) is 0 Å². The van der Waals surface area contributed by atoms with Crippen molar-refractivity contribution in [1.29, 1.82) is 0 Å². The highest BCUT2D eigenvalue weighted by atomic mass is 32.2. The van der Waals surface area contributed by atoms with Crippen molar-refractivity contribution in [2.75, 3.05) is 39.0 Å². The molecule has 0 bridgehead atoms. The lowest BCUT2D eigenvalue weighted by Gasteiger charge is -2.39. The van der Waals surface area contributed by atoms with Gasteiger partial charge in [0.05, 0.1) is 6.26 Å². The average Bonchev–Trinajstić information content (AvgIpc) is 2.71. The minimum atomic E-state index is -4.43. The maximum atomic E-state index is 14.0. The number of sulfonamides is 2. The zero-order chi connectivity index (χ0) is 22.3. The molecule has 1 amide bonds. The number of halogens is 3. The number of piperidine rings is 1. The van der Waals surface area contributed by atoms with Crippen molar-refractivity contribution in [2.45, 2.75) is 30.2 Å². The van der Waals surface area contributed by atoms with Gasteiger partial charge in [0.25, 0.3) is 0 Å². The molecule has 3 rings (SSSR count). The Morgan fingerprint density at radius 2 is 1.57 bits per heavy atom. The quantitative estimate of drug-likeness (QED) is 0.607. The number of piperazine rings is 1. The number of benzene rings is 1. The number of hydrogen-bond donors (Lipinski definition) is 0. The minimum Gasteiger partial charge on any atom is -0.339 e. The molecule has 1 unspecified atom stereocenters. The summed E-state index contributed by atoms with van der Waals surface area (Å²) in [4.78, 5) is 13.3. The van der Waals surface area contributed by atoms with Gasteiger partial charge < -0.3 is 4.90 Å². The van der Waals surface area contributed by atoms with Gasteiger partial charge in [-0.1, -0.05) is 6.42 Å². The molecule has 2 saturated heterocycles. The van der Waals surface area contributed by atoms with Crippen LogP contribution in [0.25, 0.3) is 0 Å². The summed E-state index contributed by atoms with van der Waals surface area (Å²) < 4.78 is 91.8. The first kappa shape index (κ1) is 23.0. The molecule has 2 aliphatic heterocycles. The first-order valence-corrected chi connectivity index (χ1v) is 12.6. The standard InChI is InChI=1S/C17H22F3N3O5S2/c1-29(25,26)23-7-3-2-4-13(23)17(24)21-8-10-22(11-9-21)30(27,28)14-6-5-12(18)15(19)16(14)20/h5-6,13H,2-4,7-11H2,1H3. The molecule has 0 saturated carbocycles. The second kappa shape index (κ2) is 8.44. The predicted molar refractivity (Wildman–Crippen MR) is 101 cm³/mol. The van der Waals surface area contributed by atoms with Crippen LogP contribution < -0.4 is 0 Å². The molecule has 2 aliphatic rings. The van der Waals surface area contributed by atoms with Crippen molar-refractivity contribution in [3.63, 3.8) is 0 Å². The number of nitrogens with zero attached hydrogens (tertiary/aromatic N) is 3. The molecular weight excluding hydrogens is 447 g/mol. The SMILES string of the molecule is CS(=O)(=O)N1CCCCC1C(=O)N1CCN(S(=O)(=O)c2ccc(F)c(F)c2F)CC1. The van der Waals surface area contributed by atoms with Gasteiger partial charge in [-0.25, -0.2) is 30.0 Å². The Kier molecular flexibility index (Phi) is 6.46. The summed E-state index contributed by atoms with van der Waals surface area (Å²) in [6.07, 6.45) is 2.78. The highest BCUT2D eigenvalue weighted by Crippen LogP contribution is 2.26. The number of carbonyl (C=O) groups excluding carboxylic acids is 1. The van der Waals surface area contributed by atoms with E-state index >= 15 is 0 Å². The Balaban J connectivity index is 1.73. The van der Waals surface area contributed by atoms with Gasteiger partial charge in [-0.2, -0.15) is 8.61 Å². The lowest BCUT2D eigenvalue weighted by molar-refractivity contribution is -0.137. The lowest BCUT2D eigenvalue weighted by atomic mass is 10.0. The third kappa shape index (κ3) is 4.34. The fourth-order valence-corrected chi connectivity index (χ4v) is 6.35. The minimum absolute atomic E-state index is 0.0303. The van der Waals surface area contributed by atoms with Crippen molar-refractivity contribution >= 4 is 26.0 Å². The molecule has 0 aromatic heterocycles. The average molecular weight is 470 g/mol. The molecule has 0 radical (unpaired) electrons. The largest absolute Gasteiger partial charge is 0.339 e. The van der Waals surface area contributed by atoms with Gasteiger partial charge in [0.2, 0.25) is 26.0 Å². The maximum absolute atomic E-state index is 14.0. The summed E-state index contributed by atoms with van der Waals surface area (Å²) in [6.45, 7) is -0.176. The third-order valence-corrected chi connectivity index (χ3v) is 8.54. The van der Waals surface area contributed by atoms with Crippen LogP contribution in [0.4, 0.5) is 13.2 Å². The second-order valence-corrected chi connectivity index (χ2v) is 11.1. The summed E-state index contributed by atoms with van der Waals surface area (Å²) in [6, 6.07) is 0.362. The summed E-state index contributed by atoms with van der Waals surface area (Å²) in [5.41, 5.74) is 0. The van der Waals surface area contributed by atoms with Gasteiger partial charge in [0.15, 0.2) is 17.5 Å². The first-order chi connectivity index (χ1) is 13.9. The molecule has 0 aliphatic carbocycles. The van der Waals surface area contributed by atoms with Gasteiger partial charge in [-0.3, -0.25) is 4.79 Å². The summed E-state index contributed by atoms with van der Waals surface area (Å²) in [7, 11) is -8.00. The van der Waals surface area contributed by atoms with Crippen LogP contribution in [0.5, 0.6) is 0 Å². The van der Waals surface area contributed by atoms with Crippen molar-refractivity contribution in [1.82, 2.24) is 13.5 Å². The molecule has 8 nitrogen and oxygen atoms in total. The fraction of sp³-hybridized carbons (Fsp3) is 0.588. The third-order valence-electron chi connectivity index (χ3n) is 5.33. The Labute approximate surface area is 173 Å². The van der Waals surface area contributed by atoms with E-state index < -0.39 is 54.3 Å². The van der Waals surface area contributed by atoms with E-state index in [0.717, 1.165) is 10.6 Å². The van der Waals surface area contributed by atoms with Crippen LogP contribution in [-0.2, 0) is 24.8 Å². The maximum Gasteiger partial charge on any atom is 0.246 e.